The quantitative estimate of drug-likeness (QED) is 0.736. The third-order valence-electron chi connectivity index (χ3n) is 2.21. The maximum absolute atomic E-state index is 5.55. The number of aromatic nitrogens is 1. The van der Waals surface area contributed by atoms with E-state index in [-0.39, 0.29) is 0 Å². The van der Waals surface area contributed by atoms with Crippen molar-refractivity contribution in [1.82, 2.24) is 4.98 Å². The van der Waals surface area contributed by atoms with E-state index in [4.69, 9.17) is 9.88 Å². The first-order valence-electron chi connectivity index (χ1n) is 4.56. The van der Waals surface area contributed by atoms with E-state index in [1.54, 1.807) is 6.20 Å². The van der Waals surface area contributed by atoms with E-state index in [1.807, 2.05) is 12.1 Å². The van der Waals surface area contributed by atoms with E-state index in [2.05, 4.69) is 9.88 Å². The number of hydrogen-bond donors (Lipinski definition) is 1. The summed E-state index contributed by atoms with van der Waals surface area (Å²) in [6, 6.07) is 3.98. The lowest BCUT2D eigenvalue weighted by molar-refractivity contribution is 0.122. The van der Waals surface area contributed by atoms with Crippen LogP contribution in [0.1, 0.15) is 0 Å². The van der Waals surface area contributed by atoms with E-state index in [1.165, 1.54) is 11.9 Å². The molecule has 1 aromatic heterocycles. The lowest BCUT2D eigenvalue weighted by Gasteiger charge is -2.29. The Morgan fingerprint density at radius 2 is 2.21 bits per heavy atom. The van der Waals surface area contributed by atoms with Gasteiger partial charge < -0.3 is 9.64 Å². The molecule has 1 saturated heterocycles. The van der Waals surface area contributed by atoms with Gasteiger partial charge in [0.15, 0.2) is 0 Å². The van der Waals surface area contributed by atoms with Crippen LogP contribution in [0.25, 0.3) is 0 Å². The number of morpholine rings is 1. The summed E-state index contributed by atoms with van der Waals surface area (Å²) in [5.74, 6) is 0. The lowest BCUT2D eigenvalue weighted by atomic mass is 10.3. The topological polar surface area (TPSA) is 51.4 Å². The van der Waals surface area contributed by atoms with Gasteiger partial charge in [-0.1, -0.05) is 0 Å². The Morgan fingerprint density at radius 1 is 1.43 bits per heavy atom. The zero-order valence-electron chi connectivity index (χ0n) is 7.85. The Kier molecular flexibility index (Phi) is 3.23. The SMILES string of the molecule is NSc1ncccc1N1CCOCC1. The lowest BCUT2D eigenvalue weighted by Crippen LogP contribution is -2.36. The van der Waals surface area contributed by atoms with Gasteiger partial charge in [-0.15, -0.1) is 0 Å². The predicted molar refractivity (Wildman–Crippen MR) is 57.3 cm³/mol. The summed E-state index contributed by atoms with van der Waals surface area (Å²) in [7, 11) is 0. The van der Waals surface area contributed by atoms with Gasteiger partial charge in [-0.05, 0) is 24.1 Å². The predicted octanol–water partition coefficient (Wildman–Crippen LogP) is 0.884. The zero-order chi connectivity index (χ0) is 9.80. The van der Waals surface area contributed by atoms with E-state index >= 15 is 0 Å². The molecule has 0 saturated carbocycles. The zero-order valence-corrected chi connectivity index (χ0v) is 8.67. The van der Waals surface area contributed by atoms with E-state index in [0.29, 0.717) is 0 Å². The van der Waals surface area contributed by atoms with Crippen LogP contribution < -0.4 is 10.0 Å². The largest absolute Gasteiger partial charge is 0.378 e. The molecule has 76 valence electrons. The Bertz CT molecular complexity index is 302. The van der Waals surface area contributed by atoms with Gasteiger partial charge in [0.25, 0.3) is 0 Å². The maximum Gasteiger partial charge on any atom is 0.134 e. The Morgan fingerprint density at radius 3 is 2.93 bits per heavy atom. The molecular formula is C9H13N3OS. The van der Waals surface area contributed by atoms with Crippen LogP contribution in [0.4, 0.5) is 5.69 Å². The minimum Gasteiger partial charge on any atom is -0.378 e. The van der Waals surface area contributed by atoms with Gasteiger partial charge in [-0.3, -0.25) is 5.14 Å². The van der Waals surface area contributed by atoms with Gasteiger partial charge >= 0.3 is 0 Å². The van der Waals surface area contributed by atoms with Gasteiger partial charge in [0.05, 0.1) is 18.9 Å². The van der Waals surface area contributed by atoms with E-state index in [0.717, 1.165) is 37.0 Å². The van der Waals surface area contributed by atoms with Crippen molar-refractivity contribution in [2.24, 2.45) is 5.14 Å². The highest BCUT2D eigenvalue weighted by Gasteiger charge is 2.14. The summed E-state index contributed by atoms with van der Waals surface area (Å²) >= 11 is 1.20. The molecule has 0 radical (unpaired) electrons. The van der Waals surface area contributed by atoms with Gasteiger partial charge in [0.2, 0.25) is 0 Å². The first-order valence-corrected chi connectivity index (χ1v) is 5.44. The molecular weight excluding hydrogens is 198 g/mol. The molecule has 4 nitrogen and oxygen atoms in total. The second kappa shape index (κ2) is 4.63. The fourth-order valence-electron chi connectivity index (χ4n) is 1.52. The molecule has 2 heterocycles. The van der Waals surface area contributed by atoms with Crippen molar-refractivity contribution >= 4 is 17.6 Å². The molecule has 1 fully saturated rings. The Hall–Kier alpha value is -0.780. The van der Waals surface area contributed by atoms with E-state index < -0.39 is 0 Å². The maximum atomic E-state index is 5.55. The molecule has 1 aliphatic heterocycles. The number of nitrogens with zero attached hydrogens (tertiary/aromatic N) is 2. The summed E-state index contributed by atoms with van der Waals surface area (Å²) in [5, 5.41) is 6.44. The summed E-state index contributed by atoms with van der Waals surface area (Å²) in [6.45, 7) is 3.39. The summed E-state index contributed by atoms with van der Waals surface area (Å²) < 4.78 is 5.29. The summed E-state index contributed by atoms with van der Waals surface area (Å²) in [5.41, 5.74) is 1.11. The third kappa shape index (κ3) is 2.00. The normalized spacial score (nSPS) is 17.1. The summed E-state index contributed by atoms with van der Waals surface area (Å²) in [6.07, 6.45) is 1.76. The molecule has 1 aliphatic rings. The summed E-state index contributed by atoms with van der Waals surface area (Å²) in [4.78, 5) is 6.48. The van der Waals surface area contributed by atoms with Crippen LogP contribution in [0.15, 0.2) is 23.4 Å². The second-order valence-corrected chi connectivity index (χ2v) is 3.67. The number of nitrogens with two attached hydrogens (primary N) is 1. The molecule has 0 atom stereocenters. The van der Waals surface area contributed by atoms with Crippen molar-refractivity contribution in [3.05, 3.63) is 18.3 Å². The van der Waals surface area contributed by atoms with Crippen molar-refractivity contribution in [3.63, 3.8) is 0 Å². The molecule has 14 heavy (non-hydrogen) atoms. The van der Waals surface area contributed by atoms with Gasteiger partial charge in [-0.2, -0.15) is 0 Å². The van der Waals surface area contributed by atoms with Crippen LogP contribution in [0.3, 0.4) is 0 Å². The van der Waals surface area contributed by atoms with Crippen molar-refractivity contribution in [1.29, 1.82) is 0 Å². The van der Waals surface area contributed by atoms with Crippen LogP contribution in [0, 0.1) is 0 Å². The average molecular weight is 211 g/mol. The van der Waals surface area contributed by atoms with Crippen molar-refractivity contribution < 1.29 is 4.74 Å². The number of hydrogen-bond acceptors (Lipinski definition) is 5. The highest BCUT2D eigenvalue weighted by molar-refractivity contribution is 7.97. The van der Waals surface area contributed by atoms with E-state index in [9.17, 15) is 0 Å². The fraction of sp³-hybridized carbons (Fsp3) is 0.444. The molecule has 0 amide bonds. The molecule has 0 aromatic carbocycles. The molecule has 1 aromatic rings. The monoisotopic (exact) mass is 211 g/mol. The highest BCUT2D eigenvalue weighted by Crippen LogP contribution is 2.24. The third-order valence-corrected chi connectivity index (χ3v) is 2.75. The molecule has 0 spiro atoms. The smallest absolute Gasteiger partial charge is 0.134 e. The van der Waals surface area contributed by atoms with Crippen LogP contribution in [0.5, 0.6) is 0 Å². The number of rotatable bonds is 2. The van der Waals surface area contributed by atoms with Crippen LogP contribution >= 0.6 is 11.9 Å². The van der Waals surface area contributed by atoms with Crippen molar-refractivity contribution in [2.75, 3.05) is 31.2 Å². The van der Waals surface area contributed by atoms with Crippen molar-refractivity contribution in [2.45, 2.75) is 5.03 Å². The first kappa shape index (κ1) is 9.76. The molecule has 0 unspecified atom stereocenters. The minimum absolute atomic E-state index is 0.781. The first-order chi connectivity index (χ1) is 6.92. The molecule has 0 aliphatic carbocycles. The van der Waals surface area contributed by atoms with Gasteiger partial charge in [-0.25, -0.2) is 4.98 Å². The molecule has 0 bridgehead atoms. The van der Waals surface area contributed by atoms with Crippen LogP contribution in [0.2, 0.25) is 0 Å². The van der Waals surface area contributed by atoms with Crippen LogP contribution in [-0.2, 0) is 4.74 Å². The average Bonchev–Trinajstić information content (AvgIpc) is 2.30. The fourth-order valence-corrected chi connectivity index (χ4v) is 1.96. The number of pyridine rings is 1. The van der Waals surface area contributed by atoms with Crippen molar-refractivity contribution in [3.8, 4) is 0 Å². The molecule has 2 rings (SSSR count). The Balaban J connectivity index is 2.20. The highest BCUT2D eigenvalue weighted by atomic mass is 32.2. The van der Waals surface area contributed by atoms with Crippen LogP contribution in [-0.4, -0.2) is 31.3 Å². The standard InChI is InChI=1S/C9H13N3OS/c10-14-9-8(2-1-3-11-9)12-4-6-13-7-5-12/h1-3H,4-7,10H2. The molecule has 2 N–H and O–H groups in total. The molecule has 5 heteroatoms. The van der Waals surface area contributed by atoms with Gasteiger partial charge in [0, 0.05) is 19.3 Å². The Labute approximate surface area is 87.6 Å². The number of anilines is 1. The van der Waals surface area contributed by atoms with Gasteiger partial charge in [0.1, 0.15) is 5.03 Å². The minimum atomic E-state index is 0.781. The second-order valence-electron chi connectivity index (χ2n) is 3.04. The number of ether oxygens (including phenoxy) is 1.